The molecule has 104 valence electrons. The fourth-order valence-electron chi connectivity index (χ4n) is 1.81. The van der Waals surface area contributed by atoms with Crippen LogP contribution >= 0.6 is 11.6 Å². The predicted octanol–water partition coefficient (Wildman–Crippen LogP) is 3.87. The third kappa shape index (κ3) is 3.19. The second kappa shape index (κ2) is 6.25. The zero-order valence-electron chi connectivity index (χ0n) is 10.8. The molecule has 0 aliphatic heterocycles. The number of para-hydroxylation sites is 1. The maximum Gasteiger partial charge on any atom is 0.293 e. The van der Waals surface area contributed by atoms with Crippen LogP contribution in [0.4, 0.5) is 11.4 Å². The second-order valence-corrected chi connectivity index (χ2v) is 4.50. The van der Waals surface area contributed by atoms with E-state index in [-0.39, 0.29) is 5.69 Å². The number of benzene rings is 2. The number of halogens is 1. The van der Waals surface area contributed by atoms with Crippen molar-refractivity contribution in [1.82, 2.24) is 0 Å². The van der Waals surface area contributed by atoms with Crippen molar-refractivity contribution in [2.24, 2.45) is 0 Å². The molecule has 5 nitrogen and oxygen atoms in total. The number of nitrogens with zero attached hydrogens (tertiary/aromatic N) is 1. The lowest BCUT2D eigenvalue weighted by Gasteiger charge is -2.09. The molecule has 0 radical (unpaired) electrons. The lowest BCUT2D eigenvalue weighted by atomic mass is 10.2. The molecule has 0 aliphatic rings. The molecule has 2 aromatic rings. The van der Waals surface area contributed by atoms with Crippen molar-refractivity contribution in [2.75, 3.05) is 12.4 Å². The first-order valence-corrected chi connectivity index (χ1v) is 6.29. The highest BCUT2D eigenvalue weighted by Crippen LogP contribution is 2.32. The molecule has 0 aliphatic carbocycles. The Balaban J connectivity index is 2.20. The summed E-state index contributed by atoms with van der Waals surface area (Å²) in [4.78, 5) is 10.5. The summed E-state index contributed by atoms with van der Waals surface area (Å²) >= 11 is 6.01. The molecule has 0 aromatic heterocycles. The van der Waals surface area contributed by atoms with Crippen molar-refractivity contribution in [1.29, 1.82) is 0 Å². The number of anilines is 1. The number of rotatable bonds is 5. The van der Waals surface area contributed by atoms with E-state index in [1.807, 2.05) is 24.3 Å². The van der Waals surface area contributed by atoms with Gasteiger partial charge in [0.1, 0.15) is 11.4 Å². The monoisotopic (exact) mass is 292 g/mol. The molecule has 0 unspecified atom stereocenters. The highest BCUT2D eigenvalue weighted by Gasteiger charge is 2.16. The Labute approximate surface area is 121 Å². The first-order chi connectivity index (χ1) is 9.61. The van der Waals surface area contributed by atoms with Crippen molar-refractivity contribution in [3.63, 3.8) is 0 Å². The molecule has 0 saturated heterocycles. The third-order valence-electron chi connectivity index (χ3n) is 2.79. The molecular weight excluding hydrogens is 280 g/mol. The Morgan fingerprint density at radius 1 is 1.30 bits per heavy atom. The van der Waals surface area contributed by atoms with E-state index in [1.54, 1.807) is 19.2 Å². The minimum absolute atomic E-state index is 0.0413. The van der Waals surface area contributed by atoms with Crippen LogP contribution in [-0.4, -0.2) is 12.0 Å². The summed E-state index contributed by atoms with van der Waals surface area (Å²) in [5.41, 5.74) is 1.22. The molecule has 0 amide bonds. The van der Waals surface area contributed by atoms with Crippen LogP contribution in [-0.2, 0) is 6.54 Å². The van der Waals surface area contributed by atoms with Crippen LogP contribution in [0.5, 0.6) is 5.75 Å². The number of hydrogen-bond acceptors (Lipinski definition) is 4. The standard InChI is InChI=1S/C14H13ClN2O3/c1-20-11-5-2-4-10(8-11)9-16-14-12(15)6-3-7-13(14)17(18)19/h2-8,16H,9H2,1H3. The number of nitro benzene ring substituents is 1. The fraction of sp³-hybridized carbons (Fsp3) is 0.143. The molecule has 2 aromatic carbocycles. The molecule has 20 heavy (non-hydrogen) atoms. The fourth-order valence-corrected chi connectivity index (χ4v) is 2.05. The quantitative estimate of drug-likeness (QED) is 0.671. The van der Waals surface area contributed by atoms with E-state index in [2.05, 4.69) is 5.32 Å². The second-order valence-electron chi connectivity index (χ2n) is 4.10. The zero-order valence-corrected chi connectivity index (χ0v) is 11.6. The van der Waals surface area contributed by atoms with Gasteiger partial charge in [-0.25, -0.2) is 0 Å². The maximum absolute atomic E-state index is 11.0. The Kier molecular flexibility index (Phi) is 4.42. The Morgan fingerprint density at radius 2 is 2.05 bits per heavy atom. The Hall–Kier alpha value is -2.27. The summed E-state index contributed by atoms with van der Waals surface area (Å²) in [6.07, 6.45) is 0. The van der Waals surface area contributed by atoms with Gasteiger partial charge in [0.2, 0.25) is 0 Å². The summed E-state index contributed by atoms with van der Waals surface area (Å²) in [5.74, 6) is 0.734. The summed E-state index contributed by atoms with van der Waals surface area (Å²) in [7, 11) is 1.59. The molecule has 6 heteroatoms. The highest BCUT2D eigenvalue weighted by molar-refractivity contribution is 6.33. The maximum atomic E-state index is 11.0. The predicted molar refractivity (Wildman–Crippen MR) is 78.4 cm³/mol. The lowest BCUT2D eigenvalue weighted by Crippen LogP contribution is -2.03. The van der Waals surface area contributed by atoms with E-state index in [1.165, 1.54) is 6.07 Å². The van der Waals surface area contributed by atoms with Crippen LogP contribution < -0.4 is 10.1 Å². The molecule has 0 heterocycles. The molecule has 1 N–H and O–H groups in total. The number of ether oxygens (including phenoxy) is 1. The SMILES string of the molecule is COc1cccc(CNc2c(Cl)cccc2[N+](=O)[O-])c1. The first kappa shape index (κ1) is 14.1. The summed E-state index contributed by atoms with van der Waals surface area (Å²) in [6.45, 7) is 0.418. The number of nitro groups is 1. The normalized spacial score (nSPS) is 10.1. The molecule has 0 spiro atoms. The van der Waals surface area contributed by atoms with Crippen LogP contribution in [0, 0.1) is 10.1 Å². The van der Waals surface area contributed by atoms with E-state index >= 15 is 0 Å². The van der Waals surface area contributed by atoms with Gasteiger partial charge in [0.15, 0.2) is 0 Å². The van der Waals surface area contributed by atoms with E-state index in [4.69, 9.17) is 16.3 Å². The first-order valence-electron chi connectivity index (χ1n) is 5.91. The minimum atomic E-state index is -0.459. The largest absolute Gasteiger partial charge is 0.497 e. The van der Waals surface area contributed by atoms with Gasteiger partial charge in [-0.2, -0.15) is 0 Å². The third-order valence-corrected chi connectivity index (χ3v) is 3.11. The minimum Gasteiger partial charge on any atom is -0.497 e. The van der Waals surface area contributed by atoms with Gasteiger partial charge in [-0.05, 0) is 23.8 Å². The number of hydrogen-bond donors (Lipinski definition) is 1. The summed E-state index contributed by atoms with van der Waals surface area (Å²) in [5, 5.41) is 14.3. The van der Waals surface area contributed by atoms with Gasteiger partial charge in [0, 0.05) is 12.6 Å². The Morgan fingerprint density at radius 3 is 2.75 bits per heavy atom. The van der Waals surface area contributed by atoms with E-state index in [0.717, 1.165) is 11.3 Å². The van der Waals surface area contributed by atoms with Crippen molar-refractivity contribution in [3.8, 4) is 5.75 Å². The van der Waals surface area contributed by atoms with Gasteiger partial charge in [-0.15, -0.1) is 0 Å². The molecule has 2 rings (SSSR count). The number of methoxy groups -OCH3 is 1. The molecule has 0 atom stereocenters. The van der Waals surface area contributed by atoms with Gasteiger partial charge >= 0.3 is 0 Å². The molecule has 0 fully saturated rings. The van der Waals surface area contributed by atoms with E-state index in [9.17, 15) is 10.1 Å². The van der Waals surface area contributed by atoms with Crippen LogP contribution in [0.15, 0.2) is 42.5 Å². The van der Waals surface area contributed by atoms with Crippen molar-refractivity contribution < 1.29 is 9.66 Å². The molecule has 0 saturated carbocycles. The lowest BCUT2D eigenvalue weighted by molar-refractivity contribution is -0.383. The van der Waals surface area contributed by atoms with Crippen LogP contribution in [0.25, 0.3) is 0 Å². The van der Waals surface area contributed by atoms with Gasteiger partial charge in [0.05, 0.1) is 17.1 Å². The van der Waals surface area contributed by atoms with Gasteiger partial charge in [0.25, 0.3) is 5.69 Å². The van der Waals surface area contributed by atoms with Crippen LogP contribution in [0.1, 0.15) is 5.56 Å². The zero-order chi connectivity index (χ0) is 14.5. The average molecular weight is 293 g/mol. The van der Waals surface area contributed by atoms with Crippen molar-refractivity contribution in [3.05, 3.63) is 63.2 Å². The Bertz CT molecular complexity index is 632. The smallest absolute Gasteiger partial charge is 0.293 e. The van der Waals surface area contributed by atoms with E-state index < -0.39 is 4.92 Å². The van der Waals surface area contributed by atoms with E-state index in [0.29, 0.717) is 17.3 Å². The average Bonchev–Trinajstić information content (AvgIpc) is 2.45. The molecular formula is C14H13ClN2O3. The van der Waals surface area contributed by atoms with Crippen LogP contribution in [0.2, 0.25) is 5.02 Å². The van der Waals surface area contributed by atoms with Gasteiger partial charge in [-0.3, -0.25) is 10.1 Å². The highest BCUT2D eigenvalue weighted by atomic mass is 35.5. The summed E-state index contributed by atoms with van der Waals surface area (Å²) < 4.78 is 5.13. The molecule has 0 bridgehead atoms. The summed E-state index contributed by atoms with van der Waals surface area (Å²) in [6, 6.07) is 12.0. The topological polar surface area (TPSA) is 64.4 Å². The van der Waals surface area contributed by atoms with Gasteiger partial charge in [-0.1, -0.05) is 29.8 Å². The van der Waals surface area contributed by atoms with Crippen molar-refractivity contribution in [2.45, 2.75) is 6.54 Å². The van der Waals surface area contributed by atoms with Crippen LogP contribution in [0.3, 0.4) is 0 Å². The number of nitrogens with one attached hydrogen (secondary N) is 1. The van der Waals surface area contributed by atoms with Crippen molar-refractivity contribution >= 4 is 23.0 Å². The van der Waals surface area contributed by atoms with Gasteiger partial charge < -0.3 is 10.1 Å².